The Morgan fingerprint density at radius 1 is 1.26 bits per heavy atom. The first kappa shape index (κ1) is 14.7. The number of aromatic hydroxyl groups is 1. The van der Waals surface area contributed by atoms with Crippen LogP contribution in [0.4, 0.5) is 0 Å². The maximum absolute atomic E-state index is 9.51. The van der Waals surface area contributed by atoms with Gasteiger partial charge in [0.05, 0.1) is 6.54 Å². The van der Waals surface area contributed by atoms with Crippen molar-refractivity contribution >= 4 is 0 Å². The third-order valence-corrected chi connectivity index (χ3v) is 5.03. The second-order valence-electron chi connectivity index (χ2n) is 6.66. The number of aromatic nitrogens is 2. The summed E-state index contributed by atoms with van der Waals surface area (Å²) in [6, 6.07) is 7.39. The largest absolute Gasteiger partial charge is 0.508 e. The predicted molar refractivity (Wildman–Crippen MR) is 83.7 cm³/mol. The van der Waals surface area contributed by atoms with Crippen molar-refractivity contribution in [3.8, 4) is 17.1 Å². The standard InChI is InChI=1S/C17H21N3O3/c21-14-3-1-2-12(8-14)16-19-15(23-20-16)11-18-13-9-17(10-13)4-6-22-7-5-17/h1-3,8,13,18,21H,4-7,9-11H2. The highest BCUT2D eigenvalue weighted by molar-refractivity contribution is 5.56. The zero-order valence-corrected chi connectivity index (χ0v) is 13.0. The Labute approximate surface area is 134 Å². The van der Waals surface area contributed by atoms with Gasteiger partial charge in [0.1, 0.15) is 5.75 Å². The van der Waals surface area contributed by atoms with E-state index in [4.69, 9.17) is 9.26 Å². The molecule has 23 heavy (non-hydrogen) atoms. The van der Waals surface area contributed by atoms with Crippen LogP contribution in [0, 0.1) is 5.41 Å². The fourth-order valence-corrected chi connectivity index (χ4v) is 3.66. The molecule has 0 radical (unpaired) electrons. The summed E-state index contributed by atoms with van der Waals surface area (Å²) in [5.41, 5.74) is 1.27. The van der Waals surface area contributed by atoms with Crippen LogP contribution < -0.4 is 5.32 Å². The summed E-state index contributed by atoms with van der Waals surface area (Å²) >= 11 is 0. The van der Waals surface area contributed by atoms with E-state index in [-0.39, 0.29) is 5.75 Å². The lowest BCUT2D eigenvalue weighted by molar-refractivity contribution is -0.0458. The van der Waals surface area contributed by atoms with Crippen LogP contribution in [0.15, 0.2) is 28.8 Å². The number of hydrogen-bond acceptors (Lipinski definition) is 6. The van der Waals surface area contributed by atoms with Gasteiger partial charge in [0.2, 0.25) is 11.7 Å². The van der Waals surface area contributed by atoms with Crippen LogP contribution in [0.3, 0.4) is 0 Å². The van der Waals surface area contributed by atoms with E-state index in [1.54, 1.807) is 18.2 Å². The lowest BCUT2D eigenvalue weighted by atomic mass is 9.61. The van der Waals surface area contributed by atoms with Gasteiger partial charge in [-0.3, -0.25) is 0 Å². The minimum absolute atomic E-state index is 0.197. The van der Waals surface area contributed by atoms with Crippen LogP contribution in [0.1, 0.15) is 31.6 Å². The quantitative estimate of drug-likeness (QED) is 0.902. The first-order valence-electron chi connectivity index (χ1n) is 8.16. The summed E-state index contributed by atoms with van der Waals surface area (Å²) in [4.78, 5) is 4.38. The molecular formula is C17H21N3O3. The normalized spacial score (nSPS) is 20.5. The number of nitrogens with one attached hydrogen (secondary N) is 1. The number of hydrogen-bond donors (Lipinski definition) is 2. The number of phenolic OH excluding ortho intramolecular Hbond substituents is 1. The topological polar surface area (TPSA) is 80.4 Å². The monoisotopic (exact) mass is 315 g/mol. The van der Waals surface area contributed by atoms with Gasteiger partial charge in [-0.25, -0.2) is 0 Å². The van der Waals surface area contributed by atoms with Crippen LogP contribution >= 0.6 is 0 Å². The summed E-state index contributed by atoms with van der Waals surface area (Å²) in [6.45, 7) is 2.40. The highest BCUT2D eigenvalue weighted by atomic mass is 16.5. The Morgan fingerprint density at radius 2 is 2.09 bits per heavy atom. The lowest BCUT2D eigenvalue weighted by Crippen LogP contribution is -2.50. The molecule has 1 saturated heterocycles. The van der Waals surface area contributed by atoms with E-state index in [0.717, 1.165) is 18.8 Å². The Balaban J connectivity index is 1.31. The van der Waals surface area contributed by atoms with Crippen molar-refractivity contribution in [1.82, 2.24) is 15.5 Å². The van der Waals surface area contributed by atoms with Gasteiger partial charge in [-0.15, -0.1) is 0 Å². The Bertz CT molecular complexity index is 671. The van der Waals surface area contributed by atoms with Gasteiger partial charge in [0.25, 0.3) is 0 Å². The molecule has 122 valence electrons. The molecule has 1 spiro atoms. The predicted octanol–water partition coefficient (Wildman–Crippen LogP) is 2.49. The van der Waals surface area contributed by atoms with Gasteiger partial charge in [-0.2, -0.15) is 4.98 Å². The first-order chi connectivity index (χ1) is 11.2. The zero-order chi connectivity index (χ0) is 15.7. The van der Waals surface area contributed by atoms with Crippen LogP contribution in [0.2, 0.25) is 0 Å². The van der Waals surface area contributed by atoms with Crippen molar-refractivity contribution < 1.29 is 14.4 Å². The highest BCUT2D eigenvalue weighted by Gasteiger charge is 2.44. The Kier molecular flexibility index (Phi) is 3.79. The van der Waals surface area contributed by atoms with Crippen molar-refractivity contribution in [1.29, 1.82) is 0 Å². The Morgan fingerprint density at radius 3 is 2.87 bits per heavy atom. The summed E-state index contributed by atoms with van der Waals surface area (Å²) in [7, 11) is 0. The van der Waals surface area contributed by atoms with Crippen molar-refractivity contribution in [3.05, 3.63) is 30.2 Å². The molecule has 2 aliphatic rings. The zero-order valence-electron chi connectivity index (χ0n) is 13.0. The van der Waals surface area contributed by atoms with E-state index in [9.17, 15) is 5.11 Å². The molecule has 4 rings (SSSR count). The number of benzene rings is 1. The number of ether oxygens (including phenoxy) is 1. The van der Waals surface area contributed by atoms with E-state index in [0.29, 0.717) is 29.7 Å². The van der Waals surface area contributed by atoms with Gasteiger partial charge >= 0.3 is 0 Å². The van der Waals surface area contributed by atoms with Gasteiger partial charge in [-0.1, -0.05) is 17.3 Å². The SMILES string of the molecule is Oc1cccc(-c2noc(CNC3CC4(CCOCC4)C3)n2)c1. The van der Waals surface area contributed by atoms with Crippen molar-refractivity contribution in [2.24, 2.45) is 5.41 Å². The van der Waals surface area contributed by atoms with Crippen LogP contribution in [0.25, 0.3) is 11.4 Å². The van der Waals surface area contributed by atoms with Gasteiger partial charge in [0.15, 0.2) is 0 Å². The molecule has 2 N–H and O–H groups in total. The van der Waals surface area contributed by atoms with Crippen LogP contribution in [0.5, 0.6) is 5.75 Å². The lowest BCUT2D eigenvalue weighted by Gasteiger charge is -2.50. The molecule has 1 aromatic heterocycles. The molecule has 0 amide bonds. The molecule has 2 fully saturated rings. The smallest absolute Gasteiger partial charge is 0.240 e. The number of phenols is 1. The van der Waals surface area contributed by atoms with Crippen molar-refractivity contribution in [2.45, 2.75) is 38.3 Å². The van der Waals surface area contributed by atoms with Gasteiger partial charge < -0.3 is 19.7 Å². The highest BCUT2D eigenvalue weighted by Crippen LogP contribution is 2.48. The van der Waals surface area contributed by atoms with Crippen molar-refractivity contribution in [2.75, 3.05) is 13.2 Å². The molecule has 1 aromatic carbocycles. The number of rotatable bonds is 4. The van der Waals surface area contributed by atoms with Gasteiger partial charge in [0, 0.05) is 24.8 Å². The minimum Gasteiger partial charge on any atom is -0.508 e. The summed E-state index contributed by atoms with van der Waals surface area (Å²) in [5.74, 6) is 1.28. The molecule has 2 heterocycles. The van der Waals surface area contributed by atoms with Gasteiger partial charge in [-0.05, 0) is 43.2 Å². The van der Waals surface area contributed by atoms with E-state index in [1.165, 1.54) is 25.7 Å². The molecule has 2 aromatic rings. The molecule has 0 bridgehead atoms. The molecule has 6 heteroatoms. The molecule has 0 unspecified atom stereocenters. The summed E-state index contributed by atoms with van der Waals surface area (Å²) < 4.78 is 10.7. The molecule has 1 saturated carbocycles. The third-order valence-electron chi connectivity index (χ3n) is 5.03. The summed E-state index contributed by atoms with van der Waals surface area (Å²) in [6.07, 6.45) is 4.80. The molecule has 0 atom stereocenters. The van der Waals surface area contributed by atoms with E-state index in [2.05, 4.69) is 15.5 Å². The molecule has 1 aliphatic carbocycles. The average Bonchev–Trinajstić information content (AvgIpc) is 3.01. The summed E-state index contributed by atoms with van der Waals surface area (Å²) in [5, 5.41) is 17.0. The fraction of sp³-hybridized carbons (Fsp3) is 0.529. The maximum Gasteiger partial charge on any atom is 0.240 e. The molecular weight excluding hydrogens is 294 g/mol. The fourth-order valence-electron chi connectivity index (χ4n) is 3.66. The average molecular weight is 315 g/mol. The second kappa shape index (κ2) is 5.94. The maximum atomic E-state index is 9.51. The van der Waals surface area contributed by atoms with Crippen LogP contribution in [-0.4, -0.2) is 34.5 Å². The second-order valence-corrected chi connectivity index (χ2v) is 6.66. The van der Waals surface area contributed by atoms with E-state index in [1.807, 2.05) is 6.07 Å². The first-order valence-corrected chi connectivity index (χ1v) is 8.16. The van der Waals surface area contributed by atoms with E-state index >= 15 is 0 Å². The Hall–Kier alpha value is -1.92. The van der Waals surface area contributed by atoms with Crippen molar-refractivity contribution in [3.63, 3.8) is 0 Å². The van der Waals surface area contributed by atoms with Crippen LogP contribution in [-0.2, 0) is 11.3 Å². The molecule has 1 aliphatic heterocycles. The minimum atomic E-state index is 0.197. The number of nitrogens with zero attached hydrogens (tertiary/aromatic N) is 2. The molecule has 6 nitrogen and oxygen atoms in total. The van der Waals surface area contributed by atoms with E-state index < -0.39 is 0 Å². The third kappa shape index (κ3) is 3.09.